The van der Waals surface area contributed by atoms with Gasteiger partial charge in [-0.05, 0) is 6.07 Å². The van der Waals surface area contributed by atoms with Crippen molar-refractivity contribution < 1.29 is 4.79 Å². The molecule has 110 valence electrons. The van der Waals surface area contributed by atoms with E-state index in [9.17, 15) is 4.79 Å². The first-order valence-corrected chi connectivity index (χ1v) is 7.42. The molecule has 1 N–H and O–H groups in total. The van der Waals surface area contributed by atoms with Gasteiger partial charge in [0.25, 0.3) is 5.91 Å². The topological polar surface area (TPSA) is 87.1 Å². The molecule has 2 aromatic rings. The van der Waals surface area contributed by atoms with Crippen LogP contribution in [0.4, 0.5) is 11.1 Å². The summed E-state index contributed by atoms with van der Waals surface area (Å²) in [7, 11) is 1.76. The maximum Gasteiger partial charge on any atom is 0.285 e. The summed E-state index contributed by atoms with van der Waals surface area (Å²) in [6.45, 7) is 2.69. The monoisotopic (exact) mass is 305 g/mol. The molecule has 1 aliphatic rings. The number of amides is 1. The minimum atomic E-state index is -0.0670. The molecule has 0 unspecified atom stereocenters. The van der Waals surface area contributed by atoms with Crippen LogP contribution in [0.3, 0.4) is 0 Å². The smallest absolute Gasteiger partial charge is 0.285 e. The summed E-state index contributed by atoms with van der Waals surface area (Å²) >= 11 is 1.27. The zero-order valence-electron chi connectivity index (χ0n) is 11.6. The van der Waals surface area contributed by atoms with Gasteiger partial charge in [0, 0.05) is 45.6 Å². The number of nitrogens with zero attached hydrogens (tertiary/aromatic N) is 6. The highest BCUT2D eigenvalue weighted by Gasteiger charge is 2.25. The fourth-order valence-electron chi connectivity index (χ4n) is 2.11. The van der Waals surface area contributed by atoms with Crippen molar-refractivity contribution in [2.45, 2.75) is 0 Å². The third kappa shape index (κ3) is 2.92. The third-order valence-corrected chi connectivity index (χ3v) is 4.15. The molecule has 0 atom stereocenters. The molecule has 1 aliphatic heterocycles. The van der Waals surface area contributed by atoms with Crippen molar-refractivity contribution in [3.63, 3.8) is 0 Å². The van der Waals surface area contributed by atoms with Crippen molar-refractivity contribution in [2.24, 2.45) is 0 Å². The number of hydrogen-bond acceptors (Lipinski definition) is 8. The van der Waals surface area contributed by atoms with Gasteiger partial charge in [0.15, 0.2) is 0 Å². The number of nitrogens with one attached hydrogen (secondary N) is 1. The second kappa shape index (κ2) is 6.00. The first kappa shape index (κ1) is 13.7. The van der Waals surface area contributed by atoms with E-state index in [-0.39, 0.29) is 5.91 Å². The van der Waals surface area contributed by atoms with E-state index < -0.39 is 0 Å². The maximum atomic E-state index is 12.3. The number of rotatable bonds is 3. The van der Waals surface area contributed by atoms with Gasteiger partial charge in [-0.1, -0.05) is 11.3 Å². The molecule has 0 aliphatic carbocycles. The average Bonchev–Trinajstić information content (AvgIpc) is 3.04. The number of aromatic nitrogens is 4. The molecule has 1 amide bonds. The van der Waals surface area contributed by atoms with Crippen LogP contribution in [-0.2, 0) is 0 Å². The Kier molecular flexibility index (Phi) is 3.91. The van der Waals surface area contributed by atoms with Crippen LogP contribution in [0.5, 0.6) is 0 Å². The van der Waals surface area contributed by atoms with Gasteiger partial charge in [-0.25, -0.2) is 9.97 Å². The van der Waals surface area contributed by atoms with E-state index in [0.29, 0.717) is 42.3 Å². The van der Waals surface area contributed by atoms with Crippen molar-refractivity contribution >= 4 is 28.3 Å². The molecule has 0 bridgehead atoms. The second-order valence-corrected chi connectivity index (χ2v) is 5.47. The molecule has 0 saturated carbocycles. The Balaban J connectivity index is 1.61. The molecule has 9 heteroatoms. The molecule has 3 rings (SSSR count). The van der Waals surface area contributed by atoms with Crippen LogP contribution < -0.4 is 10.2 Å². The fourth-order valence-corrected chi connectivity index (χ4v) is 2.77. The van der Waals surface area contributed by atoms with Crippen LogP contribution in [0, 0.1) is 0 Å². The Hall–Kier alpha value is -2.29. The summed E-state index contributed by atoms with van der Waals surface area (Å²) in [6.07, 6.45) is 3.45. The van der Waals surface area contributed by atoms with Crippen LogP contribution in [0.15, 0.2) is 18.5 Å². The highest BCUT2D eigenvalue weighted by atomic mass is 32.1. The number of carbonyl (C=O) groups excluding carboxylic acids is 1. The average molecular weight is 305 g/mol. The van der Waals surface area contributed by atoms with Gasteiger partial charge in [0.1, 0.15) is 0 Å². The van der Waals surface area contributed by atoms with Gasteiger partial charge in [0.05, 0.1) is 0 Å². The van der Waals surface area contributed by atoms with E-state index in [1.165, 1.54) is 11.3 Å². The van der Waals surface area contributed by atoms with Gasteiger partial charge in [-0.3, -0.25) is 4.79 Å². The van der Waals surface area contributed by atoms with E-state index >= 15 is 0 Å². The molecule has 21 heavy (non-hydrogen) atoms. The van der Waals surface area contributed by atoms with Crippen molar-refractivity contribution in [3.8, 4) is 0 Å². The quantitative estimate of drug-likeness (QED) is 0.874. The van der Waals surface area contributed by atoms with Gasteiger partial charge in [0.2, 0.25) is 16.1 Å². The van der Waals surface area contributed by atoms with Crippen molar-refractivity contribution in [3.05, 3.63) is 23.5 Å². The van der Waals surface area contributed by atoms with Gasteiger partial charge >= 0.3 is 0 Å². The SMILES string of the molecule is CNc1nnc(C(=O)N2CCN(c3ncccn3)CC2)s1. The predicted molar refractivity (Wildman–Crippen MR) is 79.6 cm³/mol. The van der Waals surface area contributed by atoms with E-state index in [0.717, 1.165) is 0 Å². The van der Waals surface area contributed by atoms with Crippen molar-refractivity contribution in [1.29, 1.82) is 0 Å². The summed E-state index contributed by atoms with van der Waals surface area (Å²) in [5.74, 6) is 0.639. The summed E-state index contributed by atoms with van der Waals surface area (Å²) < 4.78 is 0. The number of piperazine rings is 1. The molecule has 0 spiro atoms. The van der Waals surface area contributed by atoms with E-state index in [1.54, 1.807) is 30.4 Å². The van der Waals surface area contributed by atoms with Crippen molar-refractivity contribution in [2.75, 3.05) is 43.4 Å². The largest absolute Gasteiger partial charge is 0.363 e. The lowest BCUT2D eigenvalue weighted by Gasteiger charge is -2.34. The Morgan fingerprint density at radius 3 is 2.52 bits per heavy atom. The number of anilines is 2. The Labute approximate surface area is 125 Å². The number of carbonyl (C=O) groups is 1. The Morgan fingerprint density at radius 2 is 1.90 bits per heavy atom. The van der Waals surface area contributed by atoms with Crippen LogP contribution in [0.25, 0.3) is 0 Å². The van der Waals surface area contributed by atoms with Crippen LogP contribution in [0.1, 0.15) is 9.80 Å². The molecule has 2 aromatic heterocycles. The van der Waals surface area contributed by atoms with E-state index in [1.807, 2.05) is 0 Å². The highest BCUT2D eigenvalue weighted by Crippen LogP contribution is 2.18. The maximum absolute atomic E-state index is 12.3. The van der Waals surface area contributed by atoms with Crippen LogP contribution in [-0.4, -0.2) is 64.2 Å². The van der Waals surface area contributed by atoms with E-state index in [4.69, 9.17) is 0 Å². The molecule has 3 heterocycles. The molecule has 8 nitrogen and oxygen atoms in total. The molecular formula is C12H15N7OS. The lowest BCUT2D eigenvalue weighted by Crippen LogP contribution is -2.49. The Morgan fingerprint density at radius 1 is 1.19 bits per heavy atom. The normalized spacial score (nSPS) is 15.1. The first-order valence-electron chi connectivity index (χ1n) is 6.60. The minimum absolute atomic E-state index is 0.0670. The molecule has 1 saturated heterocycles. The predicted octanol–water partition coefficient (Wildman–Crippen LogP) is 0.332. The third-order valence-electron chi connectivity index (χ3n) is 3.22. The molecular weight excluding hydrogens is 290 g/mol. The Bertz CT molecular complexity index is 609. The number of hydrogen-bond donors (Lipinski definition) is 1. The first-order chi connectivity index (χ1) is 10.3. The summed E-state index contributed by atoms with van der Waals surface area (Å²) in [6, 6.07) is 1.79. The summed E-state index contributed by atoms with van der Waals surface area (Å²) in [5, 5.41) is 11.8. The van der Waals surface area contributed by atoms with E-state index in [2.05, 4.69) is 30.4 Å². The lowest BCUT2D eigenvalue weighted by molar-refractivity contribution is 0.0745. The molecule has 0 aromatic carbocycles. The van der Waals surface area contributed by atoms with Gasteiger partial charge in [-0.15, -0.1) is 10.2 Å². The van der Waals surface area contributed by atoms with Crippen LogP contribution >= 0.6 is 11.3 Å². The minimum Gasteiger partial charge on any atom is -0.363 e. The highest BCUT2D eigenvalue weighted by molar-refractivity contribution is 7.17. The fraction of sp³-hybridized carbons (Fsp3) is 0.417. The lowest BCUT2D eigenvalue weighted by atomic mass is 10.3. The zero-order valence-corrected chi connectivity index (χ0v) is 12.4. The standard InChI is InChI=1S/C12H15N7OS/c1-13-12-17-16-9(21-12)10(20)18-5-7-19(8-6-18)11-14-3-2-4-15-11/h2-4H,5-8H2,1H3,(H,13,17). The second-order valence-electron chi connectivity index (χ2n) is 4.49. The van der Waals surface area contributed by atoms with Crippen molar-refractivity contribution in [1.82, 2.24) is 25.1 Å². The van der Waals surface area contributed by atoms with Gasteiger partial charge < -0.3 is 15.1 Å². The zero-order chi connectivity index (χ0) is 14.7. The summed E-state index contributed by atoms with van der Waals surface area (Å²) in [4.78, 5) is 24.6. The van der Waals surface area contributed by atoms with Crippen LogP contribution in [0.2, 0.25) is 0 Å². The molecule has 0 radical (unpaired) electrons. The van der Waals surface area contributed by atoms with Gasteiger partial charge in [-0.2, -0.15) is 0 Å². The summed E-state index contributed by atoms with van der Waals surface area (Å²) in [5.41, 5.74) is 0. The molecule has 1 fully saturated rings.